The van der Waals surface area contributed by atoms with Crippen molar-refractivity contribution >= 4 is 16.7 Å². The molecule has 0 saturated carbocycles. The van der Waals surface area contributed by atoms with E-state index in [1.165, 1.54) is 0 Å². The summed E-state index contributed by atoms with van der Waals surface area (Å²) in [4.78, 5) is 19.3. The summed E-state index contributed by atoms with van der Waals surface area (Å²) in [6, 6.07) is 3.90. The van der Waals surface area contributed by atoms with Crippen LogP contribution in [-0.2, 0) is 5.41 Å². The van der Waals surface area contributed by atoms with E-state index in [0.717, 1.165) is 5.56 Å². The van der Waals surface area contributed by atoms with Crippen LogP contribution in [0.25, 0.3) is 11.0 Å². The first-order valence-corrected chi connectivity index (χ1v) is 6.54. The fourth-order valence-corrected chi connectivity index (χ4v) is 2.06. The molecule has 0 radical (unpaired) electrons. The normalized spacial score (nSPS) is 12.3. The zero-order valence-corrected chi connectivity index (χ0v) is 12.2. The second-order valence-electron chi connectivity index (χ2n) is 6.32. The monoisotopic (exact) mass is 259 g/mol. The van der Waals surface area contributed by atoms with E-state index < -0.39 is 0 Å². The standard InChI is InChI=1S/C15H21N3O/c1-8(2)12-14(19)17-11-7-9(15(3,4)5)6-10(16)13(11)18-12/h6-8H,16H2,1-5H3,(H,17,19). The van der Waals surface area contributed by atoms with E-state index in [2.05, 4.69) is 30.7 Å². The number of anilines is 1. The molecule has 0 amide bonds. The van der Waals surface area contributed by atoms with E-state index in [1.807, 2.05) is 26.0 Å². The van der Waals surface area contributed by atoms with Crippen molar-refractivity contribution in [3.05, 3.63) is 33.7 Å². The number of nitrogen functional groups attached to an aromatic ring is 1. The second-order valence-corrected chi connectivity index (χ2v) is 6.32. The summed E-state index contributed by atoms with van der Waals surface area (Å²) in [6.07, 6.45) is 0. The average molecular weight is 259 g/mol. The Bertz CT molecular complexity index is 678. The molecule has 1 aromatic carbocycles. The van der Waals surface area contributed by atoms with Crippen molar-refractivity contribution in [1.29, 1.82) is 0 Å². The Labute approximate surface area is 113 Å². The molecule has 4 nitrogen and oxygen atoms in total. The zero-order chi connectivity index (χ0) is 14.4. The van der Waals surface area contributed by atoms with Crippen molar-refractivity contribution in [2.75, 3.05) is 5.73 Å². The fraction of sp³-hybridized carbons (Fsp3) is 0.467. The van der Waals surface area contributed by atoms with Gasteiger partial charge in [-0.3, -0.25) is 4.79 Å². The van der Waals surface area contributed by atoms with Gasteiger partial charge in [-0.2, -0.15) is 0 Å². The predicted octanol–water partition coefficient (Wildman–Crippen LogP) is 2.93. The summed E-state index contributed by atoms with van der Waals surface area (Å²) in [5, 5.41) is 0. The smallest absolute Gasteiger partial charge is 0.270 e. The SMILES string of the molecule is CC(C)c1nc2c(N)cc(C(C)(C)C)cc2[nH]c1=O. The van der Waals surface area contributed by atoms with Gasteiger partial charge in [-0.1, -0.05) is 34.6 Å². The van der Waals surface area contributed by atoms with Crippen LogP contribution in [0.1, 0.15) is 51.8 Å². The Kier molecular flexibility index (Phi) is 3.12. The number of fused-ring (bicyclic) bond motifs is 1. The average Bonchev–Trinajstić information content (AvgIpc) is 2.26. The van der Waals surface area contributed by atoms with Gasteiger partial charge in [0, 0.05) is 5.92 Å². The third kappa shape index (κ3) is 2.48. The molecular weight excluding hydrogens is 238 g/mol. The van der Waals surface area contributed by atoms with Crippen LogP contribution in [0.15, 0.2) is 16.9 Å². The minimum Gasteiger partial charge on any atom is -0.397 e. The summed E-state index contributed by atoms with van der Waals surface area (Å²) in [7, 11) is 0. The van der Waals surface area contributed by atoms with Gasteiger partial charge in [-0.15, -0.1) is 0 Å². The van der Waals surface area contributed by atoms with Crippen LogP contribution < -0.4 is 11.3 Å². The molecule has 102 valence electrons. The molecule has 0 saturated heterocycles. The van der Waals surface area contributed by atoms with Crippen LogP contribution in [0.2, 0.25) is 0 Å². The highest BCUT2D eigenvalue weighted by atomic mass is 16.1. The molecule has 0 aliphatic carbocycles. The minimum absolute atomic E-state index is 0.0179. The molecule has 1 heterocycles. The first kappa shape index (κ1) is 13.6. The predicted molar refractivity (Wildman–Crippen MR) is 79.6 cm³/mol. The highest BCUT2D eigenvalue weighted by Gasteiger charge is 2.17. The lowest BCUT2D eigenvalue weighted by molar-refractivity contribution is 0.591. The Hall–Kier alpha value is -1.84. The number of aromatic amines is 1. The molecule has 3 N–H and O–H groups in total. The van der Waals surface area contributed by atoms with Crippen LogP contribution in [0, 0.1) is 0 Å². The van der Waals surface area contributed by atoms with E-state index in [4.69, 9.17) is 5.73 Å². The fourth-order valence-electron chi connectivity index (χ4n) is 2.06. The van der Waals surface area contributed by atoms with E-state index in [9.17, 15) is 4.79 Å². The van der Waals surface area contributed by atoms with E-state index in [-0.39, 0.29) is 16.9 Å². The van der Waals surface area contributed by atoms with Gasteiger partial charge in [0.15, 0.2) is 0 Å². The summed E-state index contributed by atoms with van der Waals surface area (Å²) in [5.41, 5.74) is 9.56. The molecule has 4 heteroatoms. The van der Waals surface area contributed by atoms with E-state index >= 15 is 0 Å². The second kappa shape index (κ2) is 4.37. The summed E-state index contributed by atoms with van der Waals surface area (Å²) in [5.74, 6) is 0.0786. The van der Waals surface area contributed by atoms with Crippen molar-refractivity contribution in [1.82, 2.24) is 9.97 Å². The molecule has 0 aliphatic heterocycles. The van der Waals surface area contributed by atoms with Gasteiger partial charge in [0.1, 0.15) is 11.2 Å². The quantitative estimate of drug-likeness (QED) is 0.773. The van der Waals surface area contributed by atoms with Crippen molar-refractivity contribution in [3.63, 3.8) is 0 Å². The van der Waals surface area contributed by atoms with Crippen molar-refractivity contribution in [2.24, 2.45) is 0 Å². The van der Waals surface area contributed by atoms with Crippen molar-refractivity contribution < 1.29 is 0 Å². The number of hydrogen-bond acceptors (Lipinski definition) is 3. The lowest BCUT2D eigenvalue weighted by atomic mass is 9.86. The number of nitrogens with two attached hydrogens (primary N) is 1. The van der Waals surface area contributed by atoms with Gasteiger partial charge in [0.05, 0.1) is 11.2 Å². The topological polar surface area (TPSA) is 71.8 Å². The third-order valence-corrected chi connectivity index (χ3v) is 3.27. The number of hydrogen-bond donors (Lipinski definition) is 2. The molecule has 0 bridgehead atoms. The van der Waals surface area contributed by atoms with Crippen molar-refractivity contribution in [2.45, 2.75) is 46.0 Å². The maximum atomic E-state index is 12.0. The first-order chi connectivity index (χ1) is 8.70. The minimum atomic E-state index is -0.132. The van der Waals surface area contributed by atoms with Gasteiger partial charge >= 0.3 is 0 Å². The summed E-state index contributed by atoms with van der Waals surface area (Å²) >= 11 is 0. The lowest BCUT2D eigenvalue weighted by Crippen LogP contribution is -2.18. The van der Waals surface area contributed by atoms with Crippen LogP contribution in [-0.4, -0.2) is 9.97 Å². The van der Waals surface area contributed by atoms with Gasteiger partial charge in [0.2, 0.25) is 0 Å². The summed E-state index contributed by atoms with van der Waals surface area (Å²) in [6.45, 7) is 10.2. The largest absolute Gasteiger partial charge is 0.397 e. The number of rotatable bonds is 1. The molecule has 0 spiro atoms. The molecular formula is C15H21N3O. The van der Waals surface area contributed by atoms with Crippen molar-refractivity contribution in [3.8, 4) is 0 Å². The molecule has 0 fully saturated rings. The lowest BCUT2D eigenvalue weighted by Gasteiger charge is -2.20. The molecule has 0 atom stereocenters. The Morgan fingerprint density at radius 2 is 1.89 bits per heavy atom. The Morgan fingerprint density at radius 1 is 1.26 bits per heavy atom. The molecule has 19 heavy (non-hydrogen) atoms. The van der Waals surface area contributed by atoms with Crippen LogP contribution in [0.4, 0.5) is 5.69 Å². The Morgan fingerprint density at radius 3 is 2.42 bits per heavy atom. The number of nitrogens with zero attached hydrogens (tertiary/aromatic N) is 1. The van der Waals surface area contributed by atoms with Crippen LogP contribution >= 0.6 is 0 Å². The Balaban J connectivity index is 2.78. The third-order valence-electron chi connectivity index (χ3n) is 3.27. The molecule has 0 aliphatic rings. The van der Waals surface area contributed by atoms with E-state index in [0.29, 0.717) is 22.4 Å². The van der Waals surface area contributed by atoms with E-state index in [1.54, 1.807) is 0 Å². The van der Waals surface area contributed by atoms with Gasteiger partial charge in [-0.05, 0) is 23.1 Å². The number of H-pyrrole nitrogens is 1. The molecule has 2 aromatic rings. The molecule has 1 aromatic heterocycles. The number of nitrogens with one attached hydrogen (secondary N) is 1. The van der Waals surface area contributed by atoms with Crippen LogP contribution in [0.5, 0.6) is 0 Å². The van der Waals surface area contributed by atoms with Gasteiger partial charge < -0.3 is 10.7 Å². The summed E-state index contributed by atoms with van der Waals surface area (Å²) < 4.78 is 0. The zero-order valence-electron chi connectivity index (χ0n) is 12.2. The maximum absolute atomic E-state index is 12.0. The molecule has 2 rings (SSSR count). The number of benzene rings is 1. The van der Waals surface area contributed by atoms with Crippen LogP contribution in [0.3, 0.4) is 0 Å². The highest BCUT2D eigenvalue weighted by molar-refractivity contribution is 5.87. The maximum Gasteiger partial charge on any atom is 0.270 e. The molecule has 0 unspecified atom stereocenters. The van der Waals surface area contributed by atoms with Gasteiger partial charge in [0.25, 0.3) is 5.56 Å². The first-order valence-electron chi connectivity index (χ1n) is 6.54. The number of aromatic nitrogens is 2. The van der Waals surface area contributed by atoms with Gasteiger partial charge in [-0.25, -0.2) is 4.98 Å². The highest BCUT2D eigenvalue weighted by Crippen LogP contribution is 2.28.